The molecule has 1 saturated heterocycles. The van der Waals surface area contributed by atoms with Gasteiger partial charge in [-0.25, -0.2) is 15.0 Å². The number of benzene rings is 1. The van der Waals surface area contributed by atoms with Crippen molar-refractivity contribution in [2.45, 2.75) is 19.8 Å². The van der Waals surface area contributed by atoms with Crippen molar-refractivity contribution in [1.82, 2.24) is 19.4 Å². The largest absolute Gasteiger partial charge is 0.495 e. The minimum atomic E-state index is 0.617. The third-order valence-electron chi connectivity index (χ3n) is 6.62. The molecule has 3 aromatic heterocycles. The normalized spacial score (nSPS) is 17.4. The minimum Gasteiger partial charge on any atom is -0.495 e. The molecular weight excluding hydrogens is 442 g/mol. The van der Waals surface area contributed by atoms with Crippen LogP contribution in [-0.2, 0) is 0 Å². The van der Waals surface area contributed by atoms with Gasteiger partial charge in [-0.2, -0.15) is 0 Å². The first kappa shape index (κ1) is 21.5. The molecule has 0 amide bonds. The van der Waals surface area contributed by atoms with Gasteiger partial charge in [-0.1, -0.05) is 6.92 Å². The van der Waals surface area contributed by atoms with Crippen molar-refractivity contribution in [2.75, 3.05) is 48.9 Å². The predicted octanol–water partition coefficient (Wildman–Crippen LogP) is 4.58. The fraction of sp³-hybridized carbons (Fsp3) is 0.346. The van der Waals surface area contributed by atoms with Crippen LogP contribution in [0.5, 0.6) is 11.6 Å². The molecule has 1 atom stereocenters. The maximum atomic E-state index is 5.78. The number of fused-ring (bicyclic) bond motifs is 2. The van der Waals surface area contributed by atoms with Crippen molar-refractivity contribution in [3.63, 3.8) is 0 Å². The Balaban J connectivity index is 1.34. The summed E-state index contributed by atoms with van der Waals surface area (Å²) < 4.78 is 13.4. The Morgan fingerprint density at radius 2 is 2.17 bits per heavy atom. The van der Waals surface area contributed by atoms with Crippen molar-refractivity contribution in [3.05, 3.63) is 49.1 Å². The quantitative estimate of drug-likeness (QED) is 0.437. The molecule has 0 bridgehead atoms. The zero-order valence-electron chi connectivity index (χ0n) is 20.0. The van der Waals surface area contributed by atoms with Crippen LogP contribution in [0.2, 0.25) is 0 Å². The van der Waals surface area contributed by atoms with E-state index in [-0.39, 0.29) is 0 Å². The molecule has 9 heteroatoms. The van der Waals surface area contributed by atoms with Gasteiger partial charge < -0.3 is 29.4 Å². The van der Waals surface area contributed by atoms with Crippen LogP contribution in [0.1, 0.15) is 19.8 Å². The fourth-order valence-electron chi connectivity index (χ4n) is 4.88. The second kappa shape index (κ2) is 8.98. The van der Waals surface area contributed by atoms with Crippen LogP contribution in [0.3, 0.4) is 0 Å². The van der Waals surface area contributed by atoms with Crippen LogP contribution in [0.25, 0.3) is 16.9 Å². The number of methoxy groups -OCH3 is 1. The van der Waals surface area contributed by atoms with Gasteiger partial charge in [0.25, 0.3) is 0 Å². The van der Waals surface area contributed by atoms with Crippen molar-refractivity contribution < 1.29 is 9.47 Å². The van der Waals surface area contributed by atoms with Crippen molar-refractivity contribution in [1.29, 1.82) is 0 Å². The highest BCUT2D eigenvalue weighted by atomic mass is 16.5. The molecule has 35 heavy (non-hydrogen) atoms. The lowest BCUT2D eigenvalue weighted by molar-refractivity contribution is 0.310. The van der Waals surface area contributed by atoms with Gasteiger partial charge in [-0.15, -0.1) is 0 Å². The zero-order chi connectivity index (χ0) is 23.8. The van der Waals surface area contributed by atoms with Crippen LogP contribution in [0.15, 0.2) is 49.1 Å². The van der Waals surface area contributed by atoms with E-state index >= 15 is 0 Å². The van der Waals surface area contributed by atoms with Crippen LogP contribution in [0, 0.1) is 5.92 Å². The standard InChI is InChI=1S/C26H29N7O2/c1-17-4-3-9-32(15-17)22-6-5-19(13-23(22)34-2)30-24-25-28-7-10-33(25)16-21(31-24)18-12-20-26(29-14-18)35-11-8-27-20/h5-7,10,12-14,16-17,27H,3-4,8-9,11,15H2,1-2H3,(H,30,31). The van der Waals surface area contributed by atoms with Gasteiger partial charge in [0, 0.05) is 61.7 Å². The Kier molecular flexibility index (Phi) is 5.52. The molecule has 0 spiro atoms. The second-order valence-corrected chi connectivity index (χ2v) is 9.19. The third kappa shape index (κ3) is 4.18. The van der Waals surface area contributed by atoms with Crippen molar-refractivity contribution in [3.8, 4) is 22.9 Å². The lowest BCUT2D eigenvalue weighted by Gasteiger charge is -2.33. The summed E-state index contributed by atoms with van der Waals surface area (Å²) in [4.78, 5) is 16.3. The molecule has 180 valence electrons. The summed E-state index contributed by atoms with van der Waals surface area (Å²) in [6.45, 7) is 5.79. The number of pyridine rings is 1. The molecule has 0 radical (unpaired) electrons. The lowest BCUT2D eigenvalue weighted by Crippen LogP contribution is -2.34. The van der Waals surface area contributed by atoms with Crippen molar-refractivity contribution >= 4 is 28.5 Å². The molecule has 0 saturated carbocycles. The SMILES string of the molecule is COc1cc(Nc2nc(-c3cnc4c(c3)NCCO4)cn3ccnc23)ccc1N1CCCC(C)C1. The topological polar surface area (TPSA) is 88.8 Å². The highest BCUT2D eigenvalue weighted by Gasteiger charge is 2.20. The average molecular weight is 472 g/mol. The number of imidazole rings is 1. The van der Waals surface area contributed by atoms with E-state index in [1.807, 2.05) is 28.9 Å². The molecule has 9 nitrogen and oxygen atoms in total. The third-order valence-corrected chi connectivity index (χ3v) is 6.62. The first-order chi connectivity index (χ1) is 17.2. The maximum Gasteiger partial charge on any atom is 0.237 e. The number of piperidine rings is 1. The molecule has 4 aromatic rings. The maximum absolute atomic E-state index is 5.78. The van der Waals surface area contributed by atoms with E-state index in [1.165, 1.54) is 12.8 Å². The van der Waals surface area contributed by atoms with Gasteiger partial charge in [0.15, 0.2) is 11.5 Å². The van der Waals surface area contributed by atoms with Crippen LogP contribution in [0.4, 0.5) is 22.9 Å². The van der Waals surface area contributed by atoms with Crippen LogP contribution in [-0.4, -0.2) is 52.7 Å². The smallest absolute Gasteiger partial charge is 0.237 e. The summed E-state index contributed by atoms with van der Waals surface area (Å²) >= 11 is 0. The summed E-state index contributed by atoms with van der Waals surface area (Å²) in [7, 11) is 1.72. The van der Waals surface area contributed by atoms with Crippen molar-refractivity contribution in [2.24, 2.45) is 5.92 Å². The molecule has 2 N–H and O–H groups in total. The second-order valence-electron chi connectivity index (χ2n) is 9.19. The van der Waals surface area contributed by atoms with E-state index in [9.17, 15) is 0 Å². The van der Waals surface area contributed by atoms with Gasteiger partial charge in [0.05, 0.1) is 24.2 Å². The monoisotopic (exact) mass is 471 g/mol. The predicted molar refractivity (Wildman–Crippen MR) is 137 cm³/mol. The Morgan fingerprint density at radius 1 is 1.23 bits per heavy atom. The Hall–Kier alpha value is -4.01. The molecular formula is C26H29N7O2. The summed E-state index contributed by atoms with van der Waals surface area (Å²) in [6.07, 6.45) is 9.93. The highest BCUT2D eigenvalue weighted by molar-refractivity contribution is 5.77. The molecule has 0 aliphatic carbocycles. The number of nitrogens with zero attached hydrogens (tertiary/aromatic N) is 5. The Bertz CT molecular complexity index is 1370. The number of aromatic nitrogens is 4. The highest BCUT2D eigenvalue weighted by Crippen LogP contribution is 2.36. The van der Waals surface area contributed by atoms with Crippen LogP contribution < -0.4 is 25.0 Å². The Morgan fingerprint density at radius 3 is 3.06 bits per heavy atom. The molecule has 2 aliphatic heterocycles. The molecule has 1 unspecified atom stereocenters. The number of ether oxygens (including phenoxy) is 2. The summed E-state index contributed by atoms with van der Waals surface area (Å²) in [5, 5.41) is 6.80. The first-order valence-electron chi connectivity index (χ1n) is 12.1. The Labute approximate surface area is 204 Å². The zero-order valence-corrected chi connectivity index (χ0v) is 20.0. The number of anilines is 4. The average Bonchev–Trinajstić information content (AvgIpc) is 3.37. The van der Waals surface area contributed by atoms with Gasteiger partial charge in [0.2, 0.25) is 5.88 Å². The lowest BCUT2D eigenvalue weighted by atomic mass is 9.99. The van der Waals surface area contributed by atoms with E-state index in [0.29, 0.717) is 24.2 Å². The number of nitrogens with one attached hydrogen (secondary N) is 2. The first-order valence-corrected chi connectivity index (χ1v) is 12.1. The molecule has 1 fully saturated rings. The summed E-state index contributed by atoms with van der Waals surface area (Å²) in [5.74, 6) is 2.82. The molecule has 2 aliphatic rings. The van der Waals surface area contributed by atoms with E-state index in [1.54, 1.807) is 19.5 Å². The van der Waals surface area contributed by atoms with E-state index in [0.717, 1.165) is 59.4 Å². The summed E-state index contributed by atoms with van der Waals surface area (Å²) in [5.41, 5.74) is 5.33. The van der Waals surface area contributed by atoms with Gasteiger partial charge >= 0.3 is 0 Å². The van der Waals surface area contributed by atoms with Gasteiger partial charge in [-0.05, 0) is 37.0 Å². The number of rotatable bonds is 5. The molecule has 1 aromatic carbocycles. The summed E-state index contributed by atoms with van der Waals surface area (Å²) in [6, 6.07) is 8.26. The van der Waals surface area contributed by atoms with Gasteiger partial charge in [-0.3, -0.25) is 0 Å². The molecule has 5 heterocycles. The van der Waals surface area contributed by atoms with Gasteiger partial charge in [0.1, 0.15) is 12.4 Å². The minimum absolute atomic E-state index is 0.617. The van der Waals surface area contributed by atoms with E-state index in [4.69, 9.17) is 14.5 Å². The number of hydrogen-bond acceptors (Lipinski definition) is 8. The molecule has 6 rings (SSSR count). The number of hydrogen-bond donors (Lipinski definition) is 2. The van der Waals surface area contributed by atoms with Crippen LogP contribution >= 0.6 is 0 Å². The van der Waals surface area contributed by atoms with E-state index < -0.39 is 0 Å². The van der Waals surface area contributed by atoms with E-state index in [2.05, 4.69) is 44.6 Å². The fourth-order valence-corrected chi connectivity index (χ4v) is 4.88.